The van der Waals surface area contributed by atoms with Crippen LogP contribution in [0.25, 0.3) is 0 Å². The molecule has 82 valence electrons. The predicted molar refractivity (Wildman–Crippen MR) is 60.6 cm³/mol. The van der Waals surface area contributed by atoms with Crippen LogP contribution in [0.2, 0.25) is 0 Å². The number of nitrogens with two attached hydrogens (primary N) is 1. The van der Waals surface area contributed by atoms with Gasteiger partial charge < -0.3 is 10.3 Å². The van der Waals surface area contributed by atoms with Crippen LogP contribution in [0.3, 0.4) is 0 Å². The molecule has 1 aliphatic rings. The van der Waals surface area contributed by atoms with Gasteiger partial charge in [-0.15, -0.1) is 0 Å². The first kappa shape index (κ1) is 10.4. The lowest BCUT2D eigenvalue weighted by molar-refractivity contribution is 0.506. The number of hydrogen-bond donors (Lipinski definition) is 1. The van der Waals surface area contributed by atoms with Crippen molar-refractivity contribution in [1.29, 1.82) is 0 Å². The van der Waals surface area contributed by atoms with Crippen molar-refractivity contribution in [3.63, 3.8) is 0 Å². The highest BCUT2D eigenvalue weighted by molar-refractivity contribution is 5.26. The highest BCUT2D eigenvalue weighted by atomic mass is 16.1. The summed E-state index contributed by atoms with van der Waals surface area (Å²) in [7, 11) is 0. The van der Waals surface area contributed by atoms with E-state index in [1.165, 1.54) is 0 Å². The normalized spacial score (nSPS) is 18.1. The third kappa shape index (κ3) is 2.12. The number of hydrogen-bond acceptors (Lipinski definition) is 2. The van der Waals surface area contributed by atoms with E-state index in [2.05, 4.69) is 13.8 Å². The molecule has 1 fully saturated rings. The average Bonchev–Trinajstić information content (AvgIpc) is 2.88. The van der Waals surface area contributed by atoms with Gasteiger partial charge in [0.25, 0.3) is 5.56 Å². The Morgan fingerprint density at radius 1 is 1.47 bits per heavy atom. The van der Waals surface area contributed by atoms with Gasteiger partial charge >= 0.3 is 0 Å². The number of aromatic nitrogens is 1. The monoisotopic (exact) mass is 206 g/mol. The fourth-order valence-corrected chi connectivity index (χ4v) is 1.79. The Morgan fingerprint density at radius 2 is 2.13 bits per heavy atom. The Hall–Kier alpha value is -1.09. The largest absolute Gasteiger partial charge is 0.321 e. The molecule has 15 heavy (non-hydrogen) atoms. The third-order valence-corrected chi connectivity index (χ3v) is 2.91. The van der Waals surface area contributed by atoms with Crippen LogP contribution in [0.5, 0.6) is 0 Å². The zero-order valence-corrected chi connectivity index (χ0v) is 9.36. The molecule has 1 aromatic heterocycles. The number of nitrogens with zero attached hydrogens (tertiary/aromatic N) is 1. The minimum Gasteiger partial charge on any atom is -0.321 e. The van der Waals surface area contributed by atoms with Crippen LogP contribution >= 0.6 is 0 Å². The summed E-state index contributed by atoms with van der Waals surface area (Å²) in [6.45, 7) is 4.98. The highest BCUT2D eigenvalue weighted by Crippen LogP contribution is 2.42. The van der Waals surface area contributed by atoms with Crippen molar-refractivity contribution < 1.29 is 0 Å². The second-order valence-electron chi connectivity index (χ2n) is 4.96. The van der Waals surface area contributed by atoms with Crippen molar-refractivity contribution >= 4 is 0 Å². The molecule has 2 rings (SSSR count). The zero-order valence-electron chi connectivity index (χ0n) is 9.36. The first-order valence-electron chi connectivity index (χ1n) is 5.51. The molecular weight excluding hydrogens is 188 g/mol. The Labute approximate surface area is 89.9 Å². The summed E-state index contributed by atoms with van der Waals surface area (Å²) in [5, 5.41) is 0. The van der Waals surface area contributed by atoms with E-state index in [0.717, 1.165) is 24.9 Å². The molecule has 0 spiro atoms. The van der Waals surface area contributed by atoms with Crippen LogP contribution in [-0.4, -0.2) is 4.57 Å². The van der Waals surface area contributed by atoms with Gasteiger partial charge in [-0.25, -0.2) is 0 Å². The molecule has 1 heterocycles. The smallest absolute Gasteiger partial charge is 0.250 e. The van der Waals surface area contributed by atoms with Gasteiger partial charge in [-0.2, -0.15) is 0 Å². The summed E-state index contributed by atoms with van der Waals surface area (Å²) in [5.41, 5.74) is 7.12. The van der Waals surface area contributed by atoms with Crippen molar-refractivity contribution in [2.24, 2.45) is 11.7 Å². The fraction of sp³-hybridized carbons (Fsp3) is 0.583. The predicted octanol–water partition coefficient (Wildman–Crippen LogP) is 1.45. The molecule has 0 unspecified atom stereocenters. The second-order valence-corrected chi connectivity index (χ2v) is 4.96. The number of pyridine rings is 1. The lowest BCUT2D eigenvalue weighted by Gasteiger charge is -2.13. The van der Waals surface area contributed by atoms with Gasteiger partial charge in [0.05, 0.1) is 0 Å². The van der Waals surface area contributed by atoms with Gasteiger partial charge in [0.2, 0.25) is 0 Å². The van der Waals surface area contributed by atoms with Gasteiger partial charge in [-0.05, 0) is 24.3 Å². The fourth-order valence-electron chi connectivity index (χ4n) is 1.79. The molecule has 1 saturated carbocycles. The van der Waals surface area contributed by atoms with E-state index < -0.39 is 0 Å². The Bertz CT molecular complexity index is 416. The average molecular weight is 206 g/mol. The van der Waals surface area contributed by atoms with Crippen molar-refractivity contribution in [3.05, 3.63) is 34.2 Å². The van der Waals surface area contributed by atoms with E-state index in [4.69, 9.17) is 5.73 Å². The molecule has 2 N–H and O–H groups in total. The zero-order chi connectivity index (χ0) is 11.1. The lowest BCUT2D eigenvalue weighted by atomic mass is 10.1. The Kier molecular flexibility index (Phi) is 2.43. The van der Waals surface area contributed by atoms with E-state index >= 15 is 0 Å². The quantitative estimate of drug-likeness (QED) is 0.813. The SMILES string of the molecule is CC(C)Cn1cc(C2(N)CC2)ccc1=O. The van der Waals surface area contributed by atoms with E-state index in [1.807, 2.05) is 12.3 Å². The summed E-state index contributed by atoms with van der Waals surface area (Å²) in [4.78, 5) is 11.6. The molecule has 1 aromatic rings. The molecule has 0 aromatic carbocycles. The van der Waals surface area contributed by atoms with Gasteiger partial charge in [-0.3, -0.25) is 4.79 Å². The standard InChI is InChI=1S/C12H18N2O/c1-9(2)7-14-8-10(3-4-11(14)15)12(13)5-6-12/h3-4,8-9H,5-7,13H2,1-2H3. The minimum atomic E-state index is -0.146. The summed E-state index contributed by atoms with van der Waals surface area (Å²) >= 11 is 0. The maximum absolute atomic E-state index is 11.6. The van der Waals surface area contributed by atoms with E-state index in [1.54, 1.807) is 10.6 Å². The van der Waals surface area contributed by atoms with Gasteiger partial charge in [-0.1, -0.05) is 19.9 Å². The molecule has 0 amide bonds. The number of rotatable bonds is 3. The molecule has 0 saturated heterocycles. The van der Waals surface area contributed by atoms with E-state index in [0.29, 0.717) is 5.92 Å². The highest BCUT2D eigenvalue weighted by Gasteiger charge is 2.40. The lowest BCUT2D eigenvalue weighted by Crippen LogP contribution is -2.26. The van der Waals surface area contributed by atoms with Crippen LogP contribution in [-0.2, 0) is 12.1 Å². The van der Waals surface area contributed by atoms with Gasteiger partial charge in [0.1, 0.15) is 0 Å². The molecule has 3 nitrogen and oxygen atoms in total. The first-order valence-corrected chi connectivity index (χ1v) is 5.51. The Morgan fingerprint density at radius 3 is 2.67 bits per heavy atom. The van der Waals surface area contributed by atoms with Gasteiger partial charge in [0, 0.05) is 24.3 Å². The minimum absolute atomic E-state index is 0.0664. The first-order chi connectivity index (χ1) is 7.01. The Balaban J connectivity index is 2.33. The van der Waals surface area contributed by atoms with Gasteiger partial charge in [0.15, 0.2) is 0 Å². The third-order valence-electron chi connectivity index (χ3n) is 2.91. The van der Waals surface area contributed by atoms with Crippen molar-refractivity contribution in [2.45, 2.75) is 38.8 Å². The van der Waals surface area contributed by atoms with E-state index in [-0.39, 0.29) is 11.1 Å². The second kappa shape index (κ2) is 3.49. The molecule has 1 aliphatic carbocycles. The van der Waals surface area contributed by atoms with Crippen LogP contribution in [0.4, 0.5) is 0 Å². The van der Waals surface area contributed by atoms with Crippen LogP contribution in [0.1, 0.15) is 32.3 Å². The topological polar surface area (TPSA) is 48.0 Å². The van der Waals surface area contributed by atoms with E-state index in [9.17, 15) is 4.79 Å². The summed E-state index contributed by atoms with van der Waals surface area (Å²) in [6.07, 6.45) is 4.00. The van der Waals surface area contributed by atoms with Crippen molar-refractivity contribution in [3.8, 4) is 0 Å². The van der Waals surface area contributed by atoms with Crippen LogP contribution in [0.15, 0.2) is 23.1 Å². The summed E-state index contributed by atoms with van der Waals surface area (Å²) < 4.78 is 1.77. The molecule has 0 radical (unpaired) electrons. The van der Waals surface area contributed by atoms with Crippen LogP contribution in [0, 0.1) is 5.92 Å². The maximum atomic E-state index is 11.6. The molecule has 0 aliphatic heterocycles. The van der Waals surface area contributed by atoms with Crippen molar-refractivity contribution in [1.82, 2.24) is 4.57 Å². The molecular formula is C12H18N2O. The summed E-state index contributed by atoms with van der Waals surface area (Å²) in [6, 6.07) is 3.50. The molecule has 3 heteroatoms. The van der Waals surface area contributed by atoms with Crippen molar-refractivity contribution in [2.75, 3.05) is 0 Å². The molecule has 0 atom stereocenters. The molecule has 0 bridgehead atoms. The summed E-state index contributed by atoms with van der Waals surface area (Å²) in [5.74, 6) is 0.478. The maximum Gasteiger partial charge on any atom is 0.250 e. The van der Waals surface area contributed by atoms with Crippen LogP contribution < -0.4 is 11.3 Å².